The van der Waals surface area contributed by atoms with Gasteiger partial charge in [0.1, 0.15) is 0 Å². The fraction of sp³-hybridized carbons (Fsp3) is 0.150. The summed E-state index contributed by atoms with van der Waals surface area (Å²) in [6.45, 7) is 8.21. The van der Waals surface area contributed by atoms with Gasteiger partial charge in [0, 0.05) is 37.6 Å². The van der Waals surface area contributed by atoms with Gasteiger partial charge in [-0.3, -0.25) is 0 Å². The molecule has 0 N–H and O–H groups in total. The number of hydrogen-bond donors (Lipinski definition) is 0. The number of hydrogen-bond acceptors (Lipinski definition) is 2. The van der Waals surface area contributed by atoms with Crippen LogP contribution in [0.5, 0.6) is 0 Å². The zero-order valence-corrected chi connectivity index (χ0v) is 24.7. The monoisotopic (exact) mass is 548 g/mol. The lowest BCUT2D eigenvalue weighted by molar-refractivity contribution is 0.832. The molecule has 42 heavy (non-hydrogen) atoms. The van der Waals surface area contributed by atoms with Crippen molar-refractivity contribution in [3.63, 3.8) is 0 Å². The molecule has 0 amide bonds. The van der Waals surface area contributed by atoms with Gasteiger partial charge in [-0.15, -0.1) is 0 Å². The van der Waals surface area contributed by atoms with Crippen LogP contribution in [0, 0.1) is 0 Å². The summed E-state index contributed by atoms with van der Waals surface area (Å²) >= 11 is 0. The number of nitrogens with zero attached hydrogens (tertiary/aromatic N) is 2. The maximum atomic E-state index is 2.40. The summed E-state index contributed by atoms with van der Waals surface area (Å²) in [6, 6.07) is 47.7. The van der Waals surface area contributed by atoms with Crippen LogP contribution >= 0.6 is 0 Å². The first-order valence-electron chi connectivity index (χ1n) is 14.9. The third kappa shape index (κ3) is 8.11. The molecule has 0 spiro atoms. The zero-order valence-electron chi connectivity index (χ0n) is 24.7. The molecule has 2 nitrogen and oxygen atoms in total. The molecular formula is C40H40N2. The van der Waals surface area contributed by atoms with Gasteiger partial charge in [0.25, 0.3) is 0 Å². The molecule has 0 aliphatic carbocycles. The van der Waals surface area contributed by atoms with Crippen molar-refractivity contribution < 1.29 is 0 Å². The smallest absolute Gasteiger partial charge is 0.0429 e. The summed E-state index contributed by atoms with van der Waals surface area (Å²) in [5.41, 5.74) is 9.95. The Balaban J connectivity index is 1.15. The molecule has 0 unspecified atom stereocenters. The molecule has 0 saturated carbocycles. The summed E-state index contributed by atoms with van der Waals surface area (Å²) in [7, 11) is 0. The lowest BCUT2D eigenvalue weighted by Gasteiger charge is -2.23. The highest BCUT2D eigenvalue weighted by Gasteiger charge is 2.06. The minimum Gasteiger partial charge on any atom is -0.367 e. The molecule has 0 fully saturated rings. The van der Waals surface area contributed by atoms with Crippen molar-refractivity contribution in [2.75, 3.05) is 22.9 Å². The van der Waals surface area contributed by atoms with Gasteiger partial charge in [-0.1, -0.05) is 133 Å². The first-order chi connectivity index (χ1) is 20.7. The molecule has 0 aliphatic heterocycles. The van der Waals surface area contributed by atoms with Crippen molar-refractivity contribution in [1.82, 2.24) is 0 Å². The standard InChI is InChI=1S/C40H40N2/c1-3-41(31-37-11-7-5-8-12-37)39-27-23-35(24-28-39)21-19-33-15-17-34(18-16-33)20-22-36-25-29-40(30-26-36)42(4-2)32-38-13-9-6-10-14-38/h5-30H,3-4,31-32H2,1-2H3. The van der Waals surface area contributed by atoms with Gasteiger partial charge in [-0.2, -0.15) is 0 Å². The van der Waals surface area contributed by atoms with Crippen molar-refractivity contribution in [2.45, 2.75) is 26.9 Å². The Kier molecular flexibility index (Phi) is 10.0. The Morgan fingerprint density at radius 2 is 0.667 bits per heavy atom. The molecule has 0 atom stereocenters. The Labute approximate surface area is 251 Å². The maximum absolute atomic E-state index is 2.40. The Morgan fingerprint density at radius 1 is 0.381 bits per heavy atom. The SMILES string of the molecule is CCN(Cc1ccccc1)c1ccc(C=Cc2ccc(C=Cc3ccc(N(CC)Cc4ccccc4)cc3)cc2)cc1. The van der Waals surface area contributed by atoms with Crippen LogP contribution in [0.2, 0.25) is 0 Å². The van der Waals surface area contributed by atoms with Crippen LogP contribution in [0.25, 0.3) is 24.3 Å². The number of rotatable bonds is 12. The highest BCUT2D eigenvalue weighted by atomic mass is 15.1. The summed E-state index contributed by atoms with van der Waals surface area (Å²) in [6.07, 6.45) is 8.72. The largest absolute Gasteiger partial charge is 0.367 e. The Morgan fingerprint density at radius 3 is 0.952 bits per heavy atom. The van der Waals surface area contributed by atoms with Crippen LogP contribution in [0.1, 0.15) is 47.2 Å². The van der Waals surface area contributed by atoms with E-state index in [4.69, 9.17) is 0 Å². The van der Waals surface area contributed by atoms with Crippen molar-refractivity contribution in [2.24, 2.45) is 0 Å². The topological polar surface area (TPSA) is 6.48 Å². The maximum Gasteiger partial charge on any atom is 0.0429 e. The minimum absolute atomic E-state index is 0.921. The third-order valence-corrected chi connectivity index (χ3v) is 7.59. The Bertz CT molecular complexity index is 1430. The summed E-state index contributed by atoms with van der Waals surface area (Å²) in [5, 5.41) is 0. The molecule has 2 heteroatoms. The Hall–Kier alpha value is -4.82. The predicted octanol–water partition coefficient (Wildman–Crippen LogP) is 10.1. The fourth-order valence-corrected chi connectivity index (χ4v) is 5.07. The lowest BCUT2D eigenvalue weighted by atomic mass is 10.1. The van der Waals surface area contributed by atoms with Crippen molar-refractivity contribution in [1.29, 1.82) is 0 Å². The summed E-state index contributed by atoms with van der Waals surface area (Å²) in [5.74, 6) is 0. The minimum atomic E-state index is 0.921. The third-order valence-electron chi connectivity index (χ3n) is 7.59. The highest BCUT2D eigenvalue weighted by Crippen LogP contribution is 2.21. The molecule has 5 aromatic rings. The van der Waals surface area contributed by atoms with Crippen LogP contribution < -0.4 is 9.80 Å². The number of benzene rings is 5. The van der Waals surface area contributed by atoms with Crippen LogP contribution in [0.15, 0.2) is 133 Å². The van der Waals surface area contributed by atoms with Gasteiger partial charge < -0.3 is 9.80 Å². The van der Waals surface area contributed by atoms with E-state index in [-0.39, 0.29) is 0 Å². The molecule has 0 heterocycles. The van der Waals surface area contributed by atoms with Gasteiger partial charge >= 0.3 is 0 Å². The molecule has 210 valence electrons. The molecule has 0 saturated heterocycles. The molecule has 5 rings (SSSR count). The van der Waals surface area contributed by atoms with Crippen LogP contribution in [0.4, 0.5) is 11.4 Å². The van der Waals surface area contributed by atoms with Gasteiger partial charge in [0.15, 0.2) is 0 Å². The van der Waals surface area contributed by atoms with Crippen molar-refractivity contribution in [3.05, 3.63) is 167 Å². The quantitative estimate of drug-likeness (QED) is 0.143. The summed E-state index contributed by atoms with van der Waals surface area (Å²) in [4.78, 5) is 4.80. The van der Waals surface area contributed by atoms with Crippen LogP contribution in [-0.4, -0.2) is 13.1 Å². The molecule has 0 aromatic heterocycles. The highest BCUT2D eigenvalue weighted by molar-refractivity contribution is 5.74. The van der Waals surface area contributed by atoms with E-state index in [0.29, 0.717) is 0 Å². The molecule has 5 aromatic carbocycles. The van der Waals surface area contributed by atoms with E-state index in [2.05, 4.69) is 181 Å². The number of anilines is 2. The van der Waals surface area contributed by atoms with Gasteiger partial charge in [0.05, 0.1) is 0 Å². The van der Waals surface area contributed by atoms with Gasteiger partial charge in [-0.25, -0.2) is 0 Å². The van der Waals surface area contributed by atoms with E-state index in [1.807, 2.05) is 0 Å². The second kappa shape index (κ2) is 14.7. The van der Waals surface area contributed by atoms with E-state index in [0.717, 1.165) is 26.2 Å². The van der Waals surface area contributed by atoms with Gasteiger partial charge in [-0.05, 0) is 71.5 Å². The van der Waals surface area contributed by atoms with E-state index in [9.17, 15) is 0 Å². The average Bonchev–Trinajstić information content (AvgIpc) is 3.06. The normalized spacial score (nSPS) is 11.3. The zero-order chi connectivity index (χ0) is 29.0. The van der Waals surface area contributed by atoms with Crippen LogP contribution in [0.3, 0.4) is 0 Å². The summed E-state index contributed by atoms with van der Waals surface area (Å²) < 4.78 is 0. The van der Waals surface area contributed by atoms with Crippen molar-refractivity contribution >= 4 is 35.7 Å². The second-order valence-electron chi connectivity index (χ2n) is 10.5. The molecule has 0 aliphatic rings. The van der Waals surface area contributed by atoms with E-state index < -0.39 is 0 Å². The van der Waals surface area contributed by atoms with E-state index in [1.54, 1.807) is 0 Å². The van der Waals surface area contributed by atoms with Gasteiger partial charge in [0.2, 0.25) is 0 Å². The molecular weight excluding hydrogens is 508 g/mol. The molecule has 0 bridgehead atoms. The average molecular weight is 549 g/mol. The predicted molar refractivity (Wildman–Crippen MR) is 184 cm³/mol. The first kappa shape index (κ1) is 28.7. The lowest BCUT2D eigenvalue weighted by Crippen LogP contribution is -2.21. The van der Waals surface area contributed by atoms with Crippen LogP contribution in [-0.2, 0) is 13.1 Å². The fourth-order valence-electron chi connectivity index (χ4n) is 5.07. The van der Waals surface area contributed by atoms with E-state index in [1.165, 1.54) is 44.8 Å². The first-order valence-corrected chi connectivity index (χ1v) is 14.9. The van der Waals surface area contributed by atoms with E-state index >= 15 is 0 Å². The van der Waals surface area contributed by atoms with Crippen molar-refractivity contribution in [3.8, 4) is 0 Å². The molecule has 0 radical (unpaired) electrons. The second-order valence-corrected chi connectivity index (χ2v) is 10.5.